The highest BCUT2D eigenvalue weighted by atomic mass is 35.5. The van der Waals surface area contributed by atoms with Gasteiger partial charge < -0.3 is 24.5 Å². The van der Waals surface area contributed by atoms with Crippen molar-refractivity contribution in [3.8, 4) is 5.75 Å². The van der Waals surface area contributed by atoms with Crippen molar-refractivity contribution in [2.24, 2.45) is 4.99 Å². The molecular weight excluding hydrogens is 354 g/mol. The molecule has 0 aliphatic rings. The zero-order valence-electron chi connectivity index (χ0n) is 15.3. The van der Waals surface area contributed by atoms with E-state index in [0.29, 0.717) is 24.7 Å². The van der Waals surface area contributed by atoms with Gasteiger partial charge in [-0.05, 0) is 36.2 Å². The molecule has 2 N–H and O–H groups in total. The first-order chi connectivity index (χ1) is 12.7. The van der Waals surface area contributed by atoms with Crippen molar-refractivity contribution in [1.82, 2.24) is 10.6 Å². The van der Waals surface area contributed by atoms with Crippen molar-refractivity contribution < 1.29 is 13.9 Å². The molecule has 0 saturated heterocycles. The van der Waals surface area contributed by atoms with Crippen molar-refractivity contribution in [3.63, 3.8) is 0 Å². The average Bonchev–Trinajstić information content (AvgIpc) is 3.16. The van der Waals surface area contributed by atoms with E-state index in [1.807, 2.05) is 30.3 Å². The minimum Gasteiger partial charge on any atom is -0.497 e. The van der Waals surface area contributed by atoms with Crippen LogP contribution in [0.5, 0.6) is 5.75 Å². The lowest BCUT2D eigenvalue weighted by atomic mass is 10.1. The Morgan fingerprint density at radius 3 is 2.62 bits per heavy atom. The summed E-state index contributed by atoms with van der Waals surface area (Å²) < 4.78 is 15.6. The van der Waals surface area contributed by atoms with E-state index < -0.39 is 0 Å². The van der Waals surface area contributed by atoms with Crippen LogP contribution < -0.4 is 15.4 Å². The number of nitrogens with zero attached hydrogens (tertiary/aromatic N) is 1. The number of halogens is 1. The zero-order valence-corrected chi connectivity index (χ0v) is 16.0. The number of guanidine groups is 1. The summed E-state index contributed by atoms with van der Waals surface area (Å²) in [6.07, 6.45) is 3.26. The summed E-state index contributed by atoms with van der Waals surface area (Å²) in [6, 6.07) is 9.57. The fourth-order valence-electron chi connectivity index (χ4n) is 2.36. The Labute approximate surface area is 159 Å². The second-order valence-corrected chi connectivity index (χ2v) is 6.02. The van der Waals surface area contributed by atoms with Crippen molar-refractivity contribution in [3.05, 3.63) is 52.9 Å². The maximum atomic E-state index is 6.29. The van der Waals surface area contributed by atoms with Gasteiger partial charge in [-0.3, -0.25) is 4.99 Å². The summed E-state index contributed by atoms with van der Waals surface area (Å²) >= 11 is 6.29. The van der Waals surface area contributed by atoms with Gasteiger partial charge in [0.05, 0.1) is 26.5 Å². The van der Waals surface area contributed by atoms with Gasteiger partial charge in [0.1, 0.15) is 11.5 Å². The minimum atomic E-state index is 0.579. The molecule has 0 atom stereocenters. The molecule has 26 heavy (non-hydrogen) atoms. The third-order valence-electron chi connectivity index (χ3n) is 3.76. The molecule has 0 spiro atoms. The highest BCUT2D eigenvalue weighted by Gasteiger charge is 2.04. The lowest BCUT2D eigenvalue weighted by molar-refractivity contribution is 0.208. The number of hydrogen-bond acceptors (Lipinski definition) is 4. The van der Waals surface area contributed by atoms with E-state index >= 15 is 0 Å². The predicted octanol–water partition coefficient (Wildman–Crippen LogP) is 2.91. The Morgan fingerprint density at radius 1 is 1.15 bits per heavy atom. The van der Waals surface area contributed by atoms with Crippen LogP contribution in [0.2, 0.25) is 5.02 Å². The topological polar surface area (TPSA) is 68.0 Å². The standard InChI is InChI=1S/C19H26ClN3O3/c1-24-13-11-23-19(22-10-8-16-4-3-12-26-16)21-9-7-15-5-6-17(25-2)14-18(15)20/h3-6,12,14H,7-11,13H2,1-2H3,(H2,21,22,23). The highest BCUT2D eigenvalue weighted by molar-refractivity contribution is 6.31. The van der Waals surface area contributed by atoms with Crippen molar-refractivity contribution in [1.29, 1.82) is 0 Å². The smallest absolute Gasteiger partial charge is 0.191 e. The Balaban J connectivity index is 1.82. The SMILES string of the molecule is COCCN=C(NCCc1ccco1)NCCc1ccc(OC)cc1Cl. The van der Waals surface area contributed by atoms with Crippen molar-refractivity contribution >= 4 is 17.6 Å². The summed E-state index contributed by atoms with van der Waals surface area (Å²) in [5.74, 6) is 2.45. The molecule has 1 aromatic carbocycles. The first-order valence-electron chi connectivity index (χ1n) is 8.59. The third-order valence-corrected chi connectivity index (χ3v) is 4.11. The van der Waals surface area contributed by atoms with E-state index in [1.165, 1.54) is 0 Å². The van der Waals surface area contributed by atoms with Gasteiger partial charge in [-0.2, -0.15) is 0 Å². The second-order valence-electron chi connectivity index (χ2n) is 5.61. The van der Waals surface area contributed by atoms with Gasteiger partial charge in [0, 0.05) is 31.6 Å². The number of benzene rings is 1. The Bertz CT molecular complexity index is 675. The molecule has 0 fully saturated rings. The van der Waals surface area contributed by atoms with Crippen LogP contribution in [0, 0.1) is 0 Å². The van der Waals surface area contributed by atoms with Crippen LogP contribution in [0.4, 0.5) is 0 Å². The average molecular weight is 380 g/mol. The van der Waals surface area contributed by atoms with Crippen LogP contribution in [0.1, 0.15) is 11.3 Å². The summed E-state index contributed by atoms with van der Waals surface area (Å²) in [4.78, 5) is 4.50. The Kier molecular flexibility index (Phi) is 8.86. The highest BCUT2D eigenvalue weighted by Crippen LogP contribution is 2.22. The molecule has 0 amide bonds. The summed E-state index contributed by atoms with van der Waals surface area (Å²) in [5, 5.41) is 7.34. The summed E-state index contributed by atoms with van der Waals surface area (Å²) in [5.41, 5.74) is 1.06. The lowest BCUT2D eigenvalue weighted by Gasteiger charge is -2.13. The lowest BCUT2D eigenvalue weighted by Crippen LogP contribution is -2.39. The van der Waals surface area contributed by atoms with Gasteiger partial charge in [-0.15, -0.1) is 0 Å². The quantitative estimate of drug-likeness (QED) is 0.377. The van der Waals surface area contributed by atoms with Gasteiger partial charge in [-0.1, -0.05) is 17.7 Å². The number of hydrogen-bond donors (Lipinski definition) is 2. The molecule has 7 heteroatoms. The zero-order chi connectivity index (χ0) is 18.6. The molecule has 2 rings (SSSR count). The summed E-state index contributed by atoms with van der Waals surface area (Å²) in [7, 11) is 3.29. The number of furan rings is 1. The van der Waals surface area contributed by atoms with E-state index in [-0.39, 0.29) is 0 Å². The molecule has 0 aliphatic heterocycles. The van der Waals surface area contributed by atoms with E-state index in [4.69, 9.17) is 25.5 Å². The van der Waals surface area contributed by atoms with Crippen LogP contribution in [0.3, 0.4) is 0 Å². The van der Waals surface area contributed by atoms with E-state index in [2.05, 4.69) is 15.6 Å². The first-order valence-corrected chi connectivity index (χ1v) is 8.96. The normalized spacial score (nSPS) is 11.4. The summed E-state index contributed by atoms with van der Waals surface area (Å²) in [6.45, 7) is 2.62. The second kappa shape index (κ2) is 11.4. The van der Waals surface area contributed by atoms with Crippen molar-refractivity contribution in [2.75, 3.05) is 40.5 Å². The number of methoxy groups -OCH3 is 2. The van der Waals surface area contributed by atoms with Crippen LogP contribution in [0.25, 0.3) is 0 Å². The van der Waals surface area contributed by atoms with Crippen LogP contribution in [0.15, 0.2) is 46.0 Å². The predicted molar refractivity (Wildman–Crippen MR) is 104 cm³/mol. The molecule has 2 aromatic rings. The maximum Gasteiger partial charge on any atom is 0.191 e. The Morgan fingerprint density at radius 2 is 1.96 bits per heavy atom. The fourth-order valence-corrected chi connectivity index (χ4v) is 2.62. The van der Waals surface area contributed by atoms with Crippen LogP contribution in [-0.2, 0) is 17.6 Å². The molecule has 0 radical (unpaired) electrons. The van der Waals surface area contributed by atoms with Gasteiger partial charge in [0.25, 0.3) is 0 Å². The molecule has 0 aliphatic carbocycles. The maximum absolute atomic E-state index is 6.29. The van der Waals surface area contributed by atoms with Gasteiger partial charge >= 0.3 is 0 Å². The van der Waals surface area contributed by atoms with Gasteiger partial charge in [0.15, 0.2) is 5.96 Å². The van der Waals surface area contributed by atoms with Gasteiger partial charge in [0.2, 0.25) is 0 Å². The van der Waals surface area contributed by atoms with E-state index in [1.54, 1.807) is 20.5 Å². The fraction of sp³-hybridized carbons (Fsp3) is 0.421. The monoisotopic (exact) mass is 379 g/mol. The molecule has 0 unspecified atom stereocenters. The number of nitrogens with one attached hydrogen (secondary N) is 2. The first kappa shape index (κ1) is 20.1. The number of ether oxygens (including phenoxy) is 2. The molecule has 1 heterocycles. The number of aliphatic imine (C=N–C) groups is 1. The molecule has 0 bridgehead atoms. The molecule has 0 saturated carbocycles. The number of rotatable bonds is 10. The van der Waals surface area contributed by atoms with Crippen LogP contribution >= 0.6 is 11.6 Å². The Hall–Kier alpha value is -2.18. The molecule has 142 valence electrons. The van der Waals surface area contributed by atoms with Crippen molar-refractivity contribution in [2.45, 2.75) is 12.8 Å². The molecule has 1 aromatic heterocycles. The van der Waals surface area contributed by atoms with E-state index in [0.717, 1.165) is 42.4 Å². The van der Waals surface area contributed by atoms with Crippen LogP contribution in [-0.4, -0.2) is 46.4 Å². The van der Waals surface area contributed by atoms with E-state index in [9.17, 15) is 0 Å². The minimum absolute atomic E-state index is 0.579. The third kappa shape index (κ3) is 6.98. The molecular formula is C19H26ClN3O3. The largest absolute Gasteiger partial charge is 0.497 e. The van der Waals surface area contributed by atoms with Gasteiger partial charge in [-0.25, -0.2) is 0 Å². The molecule has 6 nitrogen and oxygen atoms in total.